The Hall–Kier alpha value is -1.62. The first-order valence-electron chi connectivity index (χ1n) is 8.21. The summed E-state index contributed by atoms with van der Waals surface area (Å²) in [6.45, 7) is 7.01. The van der Waals surface area contributed by atoms with Gasteiger partial charge in [-0.05, 0) is 64.3 Å². The quantitative estimate of drug-likeness (QED) is 0.922. The summed E-state index contributed by atoms with van der Waals surface area (Å²) in [5.74, 6) is 0.0503. The Labute approximate surface area is 138 Å². The molecule has 1 aliphatic rings. The van der Waals surface area contributed by atoms with Crippen LogP contribution in [0.3, 0.4) is 0 Å². The lowest BCUT2D eigenvalue weighted by Crippen LogP contribution is -2.45. The summed E-state index contributed by atoms with van der Waals surface area (Å²) in [5, 5.41) is 3.31. The van der Waals surface area contributed by atoms with Gasteiger partial charge < -0.3 is 15.0 Å². The third-order valence-corrected chi connectivity index (χ3v) is 4.12. The maximum Gasteiger partial charge on any atom is 0.410 e. The Morgan fingerprint density at radius 3 is 2.57 bits per heavy atom. The Kier molecular flexibility index (Phi) is 5.63. The molecule has 0 spiro atoms. The van der Waals surface area contributed by atoms with Crippen LogP contribution in [0.25, 0.3) is 0 Å². The number of piperidine rings is 1. The zero-order chi connectivity index (χ0) is 17.0. The van der Waals surface area contributed by atoms with Crippen molar-refractivity contribution >= 4 is 6.09 Å². The molecule has 0 bridgehead atoms. The SMILES string of the molecule is CNC(c1ccc(F)cc1)C1CCCN(C(=O)OC(C)(C)C)C1. The molecule has 5 heteroatoms. The number of likely N-dealkylation sites (tertiary alicyclic amines) is 1. The highest BCUT2D eigenvalue weighted by atomic mass is 19.1. The largest absolute Gasteiger partial charge is 0.444 e. The van der Waals surface area contributed by atoms with E-state index in [0.29, 0.717) is 6.54 Å². The first kappa shape index (κ1) is 17.7. The van der Waals surface area contributed by atoms with Gasteiger partial charge in [-0.1, -0.05) is 12.1 Å². The average Bonchev–Trinajstić information content (AvgIpc) is 2.48. The fraction of sp³-hybridized carbons (Fsp3) is 0.611. The van der Waals surface area contributed by atoms with Crippen LogP contribution in [-0.4, -0.2) is 36.7 Å². The smallest absolute Gasteiger partial charge is 0.410 e. The molecule has 0 aliphatic carbocycles. The van der Waals surface area contributed by atoms with Gasteiger partial charge in [-0.2, -0.15) is 0 Å². The van der Waals surface area contributed by atoms with Gasteiger partial charge in [0.1, 0.15) is 11.4 Å². The first-order chi connectivity index (χ1) is 10.8. The van der Waals surface area contributed by atoms with Crippen molar-refractivity contribution in [2.45, 2.75) is 45.3 Å². The Balaban J connectivity index is 2.06. The van der Waals surface area contributed by atoms with Crippen LogP contribution >= 0.6 is 0 Å². The molecule has 1 saturated heterocycles. The second kappa shape index (κ2) is 7.30. The van der Waals surface area contributed by atoms with Crippen LogP contribution in [0.4, 0.5) is 9.18 Å². The van der Waals surface area contributed by atoms with E-state index in [9.17, 15) is 9.18 Å². The van der Waals surface area contributed by atoms with Crippen LogP contribution in [0.5, 0.6) is 0 Å². The molecule has 1 N–H and O–H groups in total. The minimum absolute atomic E-state index is 0.0980. The van der Waals surface area contributed by atoms with E-state index in [0.717, 1.165) is 24.9 Å². The van der Waals surface area contributed by atoms with Crippen LogP contribution in [0, 0.1) is 11.7 Å². The minimum atomic E-state index is -0.483. The topological polar surface area (TPSA) is 41.6 Å². The van der Waals surface area contributed by atoms with Crippen molar-refractivity contribution in [3.63, 3.8) is 0 Å². The molecule has 1 aliphatic heterocycles. The standard InChI is InChI=1S/C18H27FN2O2/c1-18(2,3)23-17(22)21-11-5-6-14(12-21)16(20-4)13-7-9-15(19)10-8-13/h7-10,14,16,20H,5-6,11-12H2,1-4H3. The lowest BCUT2D eigenvalue weighted by molar-refractivity contribution is 0.0145. The number of ether oxygens (including phenoxy) is 1. The van der Waals surface area contributed by atoms with Gasteiger partial charge in [0.2, 0.25) is 0 Å². The molecule has 0 aromatic heterocycles. The fourth-order valence-electron chi connectivity index (χ4n) is 3.12. The predicted molar refractivity (Wildman–Crippen MR) is 88.7 cm³/mol. The van der Waals surface area contributed by atoms with E-state index in [-0.39, 0.29) is 23.9 Å². The molecule has 4 nitrogen and oxygen atoms in total. The van der Waals surface area contributed by atoms with Gasteiger partial charge in [0.15, 0.2) is 0 Å². The van der Waals surface area contributed by atoms with Gasteiger partial charge in [0.25, 0.3) is 0 Å². The maximum atomic E-state index is 13.1. The molecule has 2 atom stereocenters. The molecular formula is C18H27FN2O2. The van der Waals surface area contributed by atoms with Gasteiger partial charge in [-0.3, -0.25) is 0 Å². The first-order valence-corrected chi connectivity index (χ1v) is 8.21. The molecule has 128 valence electrons. The molecule has 1 heterocycles. The molecule has 1 aromatic rings. The van der Waals surface area contributed by atoms with Crippen molar-refractivity contribution in [2.24, 2.45) is 5.92 Å². The summed E-state index contributed by atoms with van der Waals surface area (Å²) >= 11 is 0. The van der Waals surface area contributed by atoms with Crippen LogP contribution in [-0.2, 0) is 4.74 Å². The molecule has 0 saturated carbocycles. The summed E-state index contributed by atoms with van der Waals surface area (Å²) in [5.41, 5.74) is 0.563. The van der Waals surface area contributed by atoms with Gasteiger partial charge in [0, 0.05) is 19.1 Å². The number of nitrogens with one attached hydrogen (secondary N) is 1. The van der Waals surface area contributed by atoms with Gasteiger partial charge in [-0.25, -0.2) is 9.18 Å². The second-order valence-electron chi connectivity index (χ2n) is 7.15. The van der Waals surface area contributed by atoms with E-state index in [4.69, 9.17) is 4.74 Å². The van der Waals surface area contributed by atoms with Crippen molar-refractivity contribution in [2.75, 3.05) is 20.1 Å². The number of amides is 1. The Bertz CT molecular complexity index is 525. The maximum absolute atomic E-state index is 13.1. The van der Waals surface area contributed by atoms with Crippen molar-refractivity contribution in [1.29, 1.82) is 0 Å². The minimum Gasteiger partial charge on any atom is -0.444 e. The molecular weight excluding hydrogens is 295 g/mol. The molecule has 2 unspecified atom stereocenters. The summed E-state index contributed by atoms with van der Waals surface area (Å²) in [6, 6.07) is 6.68. The van der Waals surface area contributed by atoms with E-state index in [2.05, 4.69) is 5.32 Å². The number of halogens is 1. The highest BCUT2D eigenvalue weighted by Gasteiger charge is 2.31. The highest BCUT2D eigenvalue weighted by Crippen LogP contribution is 2.30. The number of carbonyl (C=O) groups excluding carboxylic acids is 1. The number of nitrogens with zero attached hydrogens (tertiary/aromatic N) is 1. The van der Waals surface area contributed by atoms with E-state index < -0.39 is 5.60 Å². The third kappa shape index (κ3) is 4.93. The van der Waals surface area contributed by atoms with E-state index in [1.807, 2.05) is 40.0 Å². The zero-order valence-corrected chi connectivity index (χ0v) is 14.4. The number of hydrogen-bond donors (Lipinski definition) is 1. The number of rotatable bonds is 3. The second-order valence-corrected chi connectivity index (χ2v) is 7.15. The van der Waals surface area contributed by atoms with E-state index >= 15 is 0 Å². The Morgan fingerprint density at radius 2 is 2.00 bits per heavy atom. The van der Waals surface area contributed by atoms with Crippen molar-refractivity contribution in [1.82, 2.24) is 10.2 Å². The monoisotopic (exact) mass is 322 g/mol. The Morgan fingerprint density at radius 1 is 1.35 bits per heavy atom. The number of benzene rings is 1. The van der Waals surface area contributed by atoms with Crippen LogP contribution in [0.15, 0.2) is 24.3 Å². The molecule has 23 heavy (non-hydrogen) atoms. The van der Waals surface area contributed by atoms with Crippen LogP contribution in [0.1, 0.15) is 45.2 Å². The van der Waals surface area contributed by atoms with Crippen LogP contribution < -0.4 is 5.32 Å². The van der Waals surface area contributed by atoms with Crippen molar-refractivity contribution in [3.05, 3.63) is 35.6 Å². The molecule has 1 aromatic carbocycles. The van der Waals surface area contributed by atoms with Crippen LogP contribution in [0.2, 0.25) is 0 Å². The molecule has 1 amide bonds. The molecule has 1 fully saturated rings. The lowest BCUT2D eigenvalue weighted by Gasteiger charge is -2.37. The summed E-state index contributed by atoms with van der Waals surface area (Å²) < 4.78 is 18.6. The highest BCUT2D eigenvalue weighted by molar-refractivity contribution is 5.68. The normalized spacial score (nSPS) is 20.2. The fourth-order valence-corrected chi connectivity index (χ4v) is 3.12. The zero-order valence-electron chi connectivity index (χ0n) is 14.4. The van der Waals surface area contributed by atoms with Crippen molar-refractivity contribution < 1.29 is 13.9 Å². The summed E-state index contributed by atoms with van der Waals surface area (Å²) in [4.78, 5) is 14.1. The summed E-state index contributed by atoms with van der Waals surface area (Å²) in [6.07, 6.45) is 1.72. The average molecular weight is 322 g/mol. The summed E-state index contributed by atoms with van der Waals surface area (Å²) in [7, 11) is 1.90. The van der Waals surface area contributed by atoms with Gasteiger partial charge >= 0.3 is 6.09 Å². The van der Waals surface area contributed by atoms with Gasteiger partial charge in [-0.15, -0.1) is 0 Å². The number of hydrogen-bond acceptors (Lipinski definition) is 3. The van der Waals surface area contributed by atoms with Gasteiger partial charge in [0.05, 0.1) is 0 Å². The third-order valence-electron chi connectivity index (χ3n) is 4.12. The lowest BCUT2D eigenvalue weighted by atomic mass is 9.86. The van der Waals surface area contributed by atoms with Crippen molar-refractivity contribution in [3.8, 4) is 0 Å². The number of carbonyl (C=O) groups is 1. The van der Waals surface area contributed by atoms with E-state index in [1.54, 1.807) is 4.90 Å². The predicted octanol–water partition coefficient (Wildman–Crippen LogP) is 3.73. The van der Waals surface area contributed by atoms with E-state index in [1.165, 1.54) is 12.1 Å². The molecule has 2 rings (SSSR count). The molecule has 0 radical (unpaired) electrons.